The van der Waals surface area contributed by atoms with Gasteiger partial charge in [-0.3, -0.25) is 9.59 Å². The predicted molar refractivity (Wildman–Crippen MR) is 76.0 cm³/mol. The van der Waals surface area contributed by atoms with Gasteiger partial charge in [-0.15, -0.1) is 0 Å². The van der Waals surface area contributed by atoms with Gasteiger partial charge < -0.3 is 14.2 Å². The number of carbonyl (C=O) groups is 2. The van der Waals surface area contributed by atoms with E-state index in [2.05, 4.69) is 15.9 Å². The molecule has 0 N–H and O–H groups in total. The van der Waals surface area contributed by atoms with Gasteiger partial charge in [0.05, 0.1) is 7.11 Å². The molecule has 5 rings (SSSR count). The van der Waals surface area contributed by atoms with Crippen LogP contribution in [-0.2, 0) is 14.9 Å². The largest absolute Gasteiger partial charge is 0.493 e. The monoisotopic (exact) mass is 350 g/mol. The van der Waals surface area contributed by atoms with Crippen molar-refractivity contribution in [2.24, 2.45) is 0 Å². The molecular formula is C15H11BrO5. The number of benzene rings is 1. The van der Waals surface area contributed by atoms with Crippen LogP contribution in [0.15, 0.2) is 22.7 Å². The van der Waals surface area contributed by atoms with Gasteiger partial charge >= 0.3 is 5.97 Å². The Morgan fingerprint density at radius 1 is 1.43 bits per heavy atom. The minimum absolute atomic E-state index is 0.315. The van der Waals surface area contributed by atoms with E-state index in [1.807, 2.05) is 6.08 Å². The molecule has 3 atom stereocenters. The highest BCUT2D eigenvalue weighted by Crippen LogP contribution is 2.57. The molecular weight excluding hydrogens is 340 g/mol. The lowest BCUT2D eigenvalue weighted by atomic mass is 9.69. The molecule has 0 radical (unpaired) electrons. The number of methoxy groups -OCH3 is 1. The Labute approximate surface area is 129 Å². The van der Waals surface area contributed by atoms with Gasteiger partial charge in [0.25, 0.3) is 0 Å². The van der Waals surface area contributed by atoms with Gasteiger partial charge in [0.1, 0.15) is 12.2 Å². The second kappa shape index (κ2) is 4.10. The average Bonchev–Trinajstić information content (AvgIpc) is 2.82. The molecule has 2 bridgehead atoms. The summed E-state index contributed by atoms with van der Waals surface area (Å²) in [6.45, 7) is 0. The summed E-state index contributed by atoms with van der Waals surface area (Å²) < 4.78 is 17.5. The standard InChI is InChI=1S/C15H11BrO5/c1-19-9-3-2-7(6-17)12-13(9)21-11-4-10-8(16)5-15(11,12)14(18)20-10/h2-3,5-6,10-11H,4H2,1H3/t10-,11-,15-/m0/s1. The molecule has 0 amide bonds. The molecule has 1 saturated heterocycles. The highest BCUT2D eigenvalue weighted by molar-refractivity contribution is 9.11. The van der Waals surface area contributed by atoms with Crippen LogP contribution in [0.3, 0.4) is 0 Å². The zero-order valence-electron chi connectivity index (χ0n) is 11.1. The molecule has 21 heavy (non-hydrogen) atoms. The van der Waals surface area contributed by atoms with Gasteiger partial charge in [-0.05, 0) is 18.2 Å². The first-order chi connectivity index (χ1) is 10.1. The van der Waals surface area contributed by atoms with E-state index < -0.39 is 5.41 Å². The summed E-state index contributed by atoms with van der Waals surface area (Å²) in [5.41, 5.74) is -0.0997. The van der Waals surface area contributed by atoms with Crippen molar-refractivity contribution in [3.63, 3.8) is 0 Å². The molecule has 1 spiro atoms. The molecule has 1 aromatic rings. The van der Waals surface area contributed by atoms with Crippen molar-refractivity contribution in [3.05, 3.63) is 33.8 Å². The van der Waals surface area contributed by atoms with Crippen molar-refractivity contribution >= 4 is 28.2 Å². The lowest BCUT2D eigenvalue weighted by molar-refractivity contribution is -0.165. The van der Waals surface area contributed by atoms with Crippen LogP contribution in [-0.4, -0.2) is 31.6 Å². The Morgan fingerprint density at radius 2 is 2.24 bits per heavy atom. The molecule has 0 unspecified atom stereocenters. The summed E-state index contributed by atoms with van der Waals surface area (Å²) in [6.07, 6.45) is 2.42. The first kappa shape index (κ1) is 12.9. The Kier molecular flexibility index (Phi) is 2.52. The lowest BCUT2D eigenvalue weighted by Gasteiger charge is -2.42. The molecule has 3 aliphatic heterocycles. The topological polar surface area (TPSA) is 61.8 Å². The van der Waals surface area contributed by atoms with Crippen molar-refractivity contribution in [2.45, 2.75) is 24.0 Å². The van der Waals surface area contributed by atoms with E-state index in [0.717, 1.165) is 10.8 Å². The van der Waals surface area contributed by atoms with Crippen molar-refractivity contribution < 1.29 is 23.8 Å². The quantitative estimate of drug-likeness (QED) is 0.603. The van der Waals surface area contributed by atoms with E-state index in [1.165, 1.54) is 7.11 Å². The summed E-state index contributed by atoms with van der Waals surface area (Å²) in [4.78, 5) is 23.9. The molecule has 1 aliphatic carbocycles. The fourth-order valence-electron chi connectivity index (χ4n) is 3.42. The Bertz CT molecular complexity index is 710. The number of halogens is 1. The van der Waals surface area contributed by atoms with Crippen molar-refractivity contribution in [3.8, 4) is 11.5 Å². The molecule has 6 heteroatoms. The number of esters is 1. The number of aldehydes is 1. The highest BCUT2D eigenvalue weighted by atomic mass is 79.9. The van der Waals surface area contributed by atoms with E-state index in [1.54, 1.807) is 12.1 Å². The maximum absolute atomic E-state index is 12.5. The average molecular weight is 351 g/mol. The first-order valence-electron chi connectivity index (χ1n) is 6.54. The van der Waals surface area contributed by atoms with Crippen LogP contribution in [0.1, 0.15) is 22.3 Å². The van der Waals surface area contributed by atoms with Gasteiger partial charge in [-0.2, -0.15) is 0 Å². The molecule has 0 saturated carbocycles. The predicted octanol–water partition coefficient (Wildman–Crippen LogP) is 2.11. The van der Waals surface area contributed by atoms with E-state index in [0.29, 0.717) is 29.0 Å². The zero-order chi connectivity index (χ0) is 14.8. The number of hydrogen-bond acceptors (Lipinski definition) is 5. The molecule has 108 valence electrons. The molecule has 0 aromatic heterocycles. The van der Waals surface area contributed by atoms with E-state index in [4.69, 9.17) is 14.2 Å². The van der Waals surface area contributed by atoms with Crippen LogP contribution in [0.25, 0.3) is 0 Å². The third kappa shape index (κ3) is 1.41. The Hall–Kier alpha value is -1.82. The summed E-state index contributed by atoms with van der Waals surface area (Å²) in [5, 5.41) is 0. The van der Waals surface area contributed by atoms with Crippen LogP contribution in [0.2, 0.25) is 0 Å². The van der Waals surface area contributed by atoms with Gasteiger partial charge in [-0.1, -0.05) is 15.9 Å². The summed E-state index contributed by atoms with van der Waals surface area (Å²) >= 11 is 3.45. The molecule has 3 heterocycles. The van der Waals surface area contributed by atoms with Crippen LogP contribution in [0.5, 0.6) is 11.5 Å². The fraction of sp³-hybridized carbons (Fsp3) is 0.333. The summed E-state index contributed by atoms with van der Waals surface area (Å²) in [6, 6.07) is 3.31. The van der Waals surface area contributed by atoms with Crippen molar-refractivity contribution in [1.29, 1.82) is 0 Å². The number of rotatable bonds is 2. The van der Waals surface area contributed by atoms with Crippen molar-refractivity contribution in [1.82, 2.24) is 0 Å². The third-order valence-electron chi connectivity index (χ3n) is 4.37. The lowest BCUT2D eigenvalue weighted by Crippen LogP contribution is -2.56. The summed E-state index contributed by atoms with van der Waals surface area (Å²) in [7, 11) is 1.53. The Morgan fingerprint density at radius 3 is 2.95 bits per heavy atom. The van der Waals surface area contributed by atoms with Crippen LogP contribution in [0.4, 0.5) is 0 Å². The van der Waals surface area contributed by atoms with E-state index in [9.17, 15) is 9.59 Å². The zero-order valence-corrected chi connectivity index (χ0v) is 12.7. The Balaban J connectivity index is 2.06. The number of hydrogen-bond donors (Lipinski definition) is 0. The smallest absolute Gasteiger partial charge is 0.325 e. The second-order valence-corrected chi connectivity index (χ2v) is 6.23. The van der Waals surface area contributed by atoms with E-state index in [-0.39, 0.29) is 18.2 Å². The first-order valence-corrected chi connectivity index (χ1v) is 7.33. The fourth-order valence-corrected chi connectivity index (χ4v) is 4.06. The maximum atomic E-state index is 12.5. The summed E-state index contributed by atoms with van der Waals surface area (Å²) in [5.74, 6) is 0.602. The number of fused-ring (bicyclic) bond motifs is 2. The molecule has 5 nitrogen and oxygen atoms in total. The molecule has 1 aromatic carbocycles. The molecule has 4 aliphatic rings. The minimum atomic E-state index is -1.06. The van der Waals surface area contributed by atoms with Gasteiger partial charge in [0, 0.05) is 22.0 Å². The maximum Gasteiger partial charge on any atom is 0.325 e. The van der Waals surface area contributed by atoms with Gasteiger partial charge in [0.15, 0.2) is 23.2 Å². The van der Waals surface area contributed by atoms with E-state index >= 15 is 0 Å². The normalized spacial score (nSPS) is 31.7. The highest BCUT2D eigenvalue weighted by Gasteiger charge is 2.63. The van der Waals surface area contributed by atoms with Crippen LogP contribution >= 0.6 is 15.9 Å². The minimum Gasteiger partial charge on any atom is -0.493 e. The molecule has 1 fully saturated rings. The number of carbonyl (C=O) groups excluding carboxylic acids is 2. The van der Waals surface area contributed by atoms with Gasteiger partial charge in [-0.25, -0.2) is 0 Å². The van der Waals surface area contributed by atoms with Crippen LogP contribution < -0.4 is 9.47 Å². The third-order valence-corrected chi connectivity index (χ3v) is 5.11. The SMILES string of the molecule is COc1ccc(C=O)c2c1O[C@H]1C[C@@H]3OC(=O)[C@]21C=C3Br. The second-order valence-electron chi connectivity index (χ2n) is 5.31. The van der Waals surface area contributed by atoms with Gasteiger partial charge in [0.2, 0.25) is 0 Å². The van der Waals surface area contributed by atoms with Crippen LogP contribution in [0, 0.1) is 0 Å². The van der Waals surface area contributed by atoms with Crippen molar-refractivity contribution in [2.75, 3.05) is 7.11 Å². The number of ether oxygens (including phenoxy) is 3.